The highest BCUT2D eigenvalue weighted by molar-refractivity contribution is 7.10. The van der Waals surface area contributed by atoms with E-state index in [0.717, 1.165) is 16.0 Å². The number of nitrogens with zero attached hydrogens (tertiary/aromatic N) is 1. The average molecular weight is 473 g/mol. The summed E-state index contributed by atoms with van der Waals surface area (Å²) < 4.78 is 15.0. The van der Waals surface area contributed by atoms with E-state index in [-0.39, 0.29) is 31.0 Å². The van der Waals surface area contributed by atoms with Crippen molar-refractivity contribution in [2.24, 2.45) is 0 Å². The van der Waals surface area contributed by atoms with Gasteiger partial charge in [-0.1, -0.05) is 84.9 Å². The van der Waals surface area contributed by atoms with Crippen molar-refractivity contribution in [2.45, 2.75) is 25.6 Å². The third kappa shape index (κ3) is 5.97. The molecule has 0 aliphatic heterocycles. The summed E-state index contributed by atoms with van der Waals surface area (Å²) in [6, 6.07) is 27.7. The highest BCUT2D eigenvalue weighted by Crippen LogP contribution is 2.27. The molecule has 6 heteroatoms. The van der Waals surface area contributed by atoms with Gasteiger partial charge >= 0.3 is 0 Å². The molecule has 1 atom stereocenters. The number of hydrogen-bond acceptors (Lipinski definition) is 3. The van der Waals surface area contributed by atoms with Crippen molar-refractivity contribution in [2.75, 3.05) is 0 Å². The zero-order chi connectivity index (χ0) is 23.8. The first-order valence-corrected chi connectivity index (χ1v) is 11.9. The molecular weight excluding hydrogens is 447 g/mol. The second kappa shape index (κ2) is 11.4. The van der Waals surface area contributed by atoms with Crippen LogP contribution in [0.15, 0.2) is 102 Å². The Morgan fingerprint density at radius 1 is 0.824 bits per heavy atom. The third-order valence-electron chi connectivity index (χ3n) is 5.49. The van der Waals surface area contributed by atoms with E-state index >= 15 is 0 Å². The molecule has 172 valence electrons. The number of amides is 2. The Morgan fingerprint density at radius 3 is 2.12 bits per heavy atom. The molecular formula is C28H25FN2O2S. The van der Waals surface area contributed by atoms with E-state index in [9.17, 15) is 14.0 Å². The standard InChI is InChI=1S/C28H25FN2O2S/c29-25-16-8-7-15-24(25)27(28(33)30-19-21-10-3-1-4-11-21)31(20-22-12-5-2-6-13-22)26(32)18-23-14-9-17-34-23/h1-17,27H,18-20H2,(H,30,33)/t27-/m1/s1. The van der Waals surface area contributed by atoms with Gasteiger partial charge < -0.3 is 10.2 Å². The fourth-order valence-corrected chi connectivity index (χ4v) is 4.49. The SMILES string of the molecule is O=C(NCc1ccccc1)[C@@H](c1ccccc1F)N(Cc1ccccc1)C(=O)Cc1cccs1. The zero-order valence-corrected chi connectivity index (χ0v) is 19.4. The summed E-state index contributed by atoms with van der Waals surface area (Å²) >= 11 is 1.48. The molecule has 0 unspecified atom stereocenters. The molecule has 0 bridgehead atoms. The minimum Gasteiger partial charge on any atom is -0.350 e. The van der Waals surface area contributed by atoms with Gasteiger partial charge in [0.2, 0.25) is 11.8 Å². The Labute approximate surface area is 202 Å². The number of rotatable bonds is 9. The van der Waals surface area contributed by atoms with Crippen LogP contribution in [0.25, 0.3) is 0 Å². The molecule has 4 nitrogen and oxygen atoms in total. The molecule has 0 spiro atoms. The lowest BCUT2D eigenvalue weighted by atomic mass is 10.0. The van der Waals surface area contributed by atoms with Crippen LogP contribution in [0.5, 0.6) is 0 Å². The van der Waals surface area contributed by atoms with Gasteiger partial charge in [-0.25, -0.2) is 4.39 Å². The fraction of sp³-hybridized carbons (Fsp3) is 0.143. The third-order valence-corrected chi connectivity index (χ3v) is 6.37. The van der Waals surface area contributed by atoms with E-state index < -0.39 is 17.8 Å². The van der Waals surface area contributed by atoms with Crippen LogP contribution in [0.4, 0.5) is 4.39 Å². The van der Waals surface area contributed by atoms with Crippen LogP contribution in [0.3, 0.4) is 0 Å². The number of hydrogen-bond donors (Lipinski definition) is 1. The van der Waals surface area contributed by atoms with Crippen molar-refractivity contribution >= 4 is 23.2 Å². The minimum atomic E-state index is -1.11. The second-order valence-corrected chi connectivity index (χ2v) is 8.92. The Balaban J connectivity index is 1.69. The van der Waals surface area contributed by atoms with Gasteiger partial charge in [0.1, 0.15) is 11.9 Å². The van der Waals surface area contributed by atoms with Gasteiger partial charge in [-0.15, -0.1) is 11.3 Å². The summed E-state index contributed by atoms with van der Waals surface area (Å²) in [4.78, 5) is 29.5. The largest absolute Gasteiger partial charge is 0.350 e. The van der Waals surface area contributed by atoms with Crippen LogP contribution < -0.4 is 5.32 Å². The predicted octanol–water partition coefficient (Wildman–Crippen LogP) is 5.52. The summed E-state index contributed by atoms with van der Waals surface area (Å²) in [5, 5.41) is 4.82. The first kappa shape index (κ1) is 23.4. The molecule has 34 heavy (non-hydrogen) atoms. The summed E-state index contributed by atoms with van der Waals surface area (Å²) in [6.07, 6.45) is 0.140. The van der Waals surface area contributed by atoms with E-state index in [0.29, 0.717) is 0 Å². The molecule has 3 aromatic carbocycles. The number of nitrogens with one attached hydrogen (secondary N) is 1. The minimum absolute atomic E-state index is 0.140. The van der Waals surface area contributed by atoms with E-state index in [1.54, 1.807) is 18.2 Å². The maximum atomic E-state index is 15.0. The Morgan fingerprint density at radius 2 is 1.47 bits per heavy atom. The van der Waals surface area contributed by atoms with Crippen molar-refractivity contribution in [1.29, 1.82) is 0 Å². The van der Waals surface area contributed by atoms with Gasteiger partial charge in [-0.05, 0) is 28.6 Å². The number of carbonyl (C=O) groups is 2. The Kier molecular flexibility index (Phi) is 7.83. The molecule has 1 aromatic heterocycles. The summed E-state index contributed by atoms with van der Waals surface area (Å²) in [7, 11) is 0. The molecule has 0 saturated carbocycles. The van der Waals surface area contributed by atoms with E-state index in [4.69, 9.17) is 0 Å². The molecule has 1 heterocycles. The predicted molar refractivity (Wildman–Crippen MR) is 132 cm³/mol. The maximum Gasteiger partial charge on any atom is 0.247 e. The molecule has 1 N–H and O–H groups in total. The number of thiophene rings is 1. The van der Waals surface area contributed by atoms with E-state index in [1.165, 1.54) is 22.3 Å². The Hall–Kier alpha value is -3.77. The second-order valence-electron chi connectivity index (χ2n) is 7.89. The Bertz CT molecular complexity index is 1210. The van der Waals surface area contributed by atoms with Crippen LogP contribution >= 0.6 is 11.3 Å². The van der Waals surface area contributed by atoms with Crippen LogP contribution in [0, 0.1) is 5.82 Å². The molecule has 2 amide bonds. The highest BCUT2D eigenvalue weighted by Gasteiger charge is 2.33. The molecule has 0 saturated heterocycles. The monoisotopic (exact) mass is 472 g/mol. The van der Waals surface area contributed by atoms with Gasteiger partial charge in [0.25, 0.3) is 0 Å². The van der Waals surface area contributed by atoms with Crippen molar-refractivity contribution in [3.05, 3.63) is 130 Å². The zero-order valence-electron chi connectivity index (χ0n) is 18.6. The molecule has 0 fully saturated rings. The lowest BCUT2D eigenvalue weighted by Gasteiger charge is -2.32. The van der Waals surface area contributed by atoms with Crippen LogP contribution in [0.2, 0.25) is 0 Å². The van der Waals surface area contributed by atoms with Crippen LogP contribution in [-0.2, 0) is 29.1 Å². The maximum absolute atomic E-state index is 15.0. The van der Waals surface area contributed by atoms with Crippen molar-refractivity contribution in [3.8, 4) is 0 Å². The van der Waals surface area contributed by atoms with Gasteiger partial charge in [0.05, 0.1) is 6.42 Å². The molecule has 0 aliphatic rings. The molecule has 4 rings (SSSR count). The smallest absolute Gasteiger partial charge is 0.247 e. The topological polar surface area (TPSA) is 49.4 Å². The lowest BCUT2D eigenvalue weighted by Crippen LogP contribution is -2.44. The van der Waals surface area contributed by atoms with Crippen LogP contribution in [-0.4, -0.2) is 16.7 Å². The number of carbonyl (C=O) groups excluding carboxylic acids is 2. The summed E-state index contributed by atoms with van der Waals surface area (Å²) in [5.41, 5.74) is 1.95. The van der Waals surface area contributed by atoms with Gasteiger partial charge in [0, 0.05) is 23.5 Å². The van der Waals surface area contributed by atoms with Crippen molar-refractivity contribution in [3.63, 3.8) is 0 Å². The van der Waals surface area contributed by atoms with Gasteiger partial charge in [0.15, 0.2) is 0 Å². The normalized spacial score (nSPS) is 11.6. The number of halogens is 1. The quantitative estimate of drug-likeness (QED) is 0.349. The molecule has 0 radical (unpaired) electrons. The van der Waals surface area contributed by atoms with Crippen molar-refractivity contribution in [1.82, 2.24) is 10.2 Å². The summed E-state index contributed by atoms with van der Waals surface area (Å²) in [5.74, 6) is -1.19. The van der Waals surface area contributed by atoms with Crippen LogP contribution in [0.1, 0.15) is 27.6 Å². The molecule has 0 aliphatic carbocycles. The fourth-order valence-electron chi connectivity index (χ4n) is 3.80. The lowest BCUT2D eigenvalue weighted by molar-refractivity contribution is -0.141. The first-order valence-electron chi connectivity index (χ1n) is 11.0. The summed E-state index contributed by atoms with van der Waals surface area (Å²) in [6.45, 7) is 0.464. The van der Waals surface area contributed by atoms with E-state index in [1.807, 2.05) is 78.2 Å². The first-order chi connectivity index (χ1) is 16.6. The van der Waals surface area contributed by atoms with E-state index in [2.05, 4.69) is 5.32 Å². The van der Waals surface area contributed by atoms with Gasteiger partial charge in [-0.3, -0.25) is 9.59 Å². The van der Waals surface area contributed by atoms with Crippen molar-refractivity contribution < 1.29 is 14.0 Å². The molecule has 4 aromatic rings. The number of benzene rings is 3. The highest BCUT2D eigenvalue weighted by atomic mass is 32.1. The average Bonchev–Trinajstić information content (AvgIpc) is 3.38. The van der Waals surface area contributed by atoms with Gasteiger partial charge in [-0.2, -0.15) is 0 Å².